The number of aromatic nitrogens is 2. The zero-order valence-corrected chi connectivity index (χ0v) is 18.8. The van der Waals surface area contributed by atoms with Crippen LogP contribution in [0.4, 0.5) is 11.5 Å². The Kier molecular flexibility index (Phi) is 8.97. The quantitative estimate of drug-likeness (QED) is 0.480. The lowest BCUT2D eigenvalue weighted by Gasteiger charge is -2.13. The third kappa shape index (κ3) is 5.95. The van der Waals surface area contributed by atoms with Crippen molar-refractivity contribution in [2.24, 2.45) is 0 Å². The number of aromatic amines is 1. The monoisotopic (exact) mass is 438 g/mol. The third-order valence-corrected chi connectivity index (χ3v) is 4.76. The maximum absolute atomic E-state index is 12.0. The Bertz CT molecular complexity index is 1110. The Morgan fingerprint density at radius 3 is 2.38 bits per heavy atom. The molecule has 5 N–H and O–H groups in total. The van der Waals surface area contributed by atoms with Gasteiger partial charge in [0, 0.05) is 19.6 Å². The first kappa shape index (κ1) is 24.6. The van der Waals surface area contributed by atoms with Gasteiger partial charge < -0.3 is 30.7 Å². The number of ether oxygens (including phenoxy) is 2. The molecule has 3 aromatic rings. The average molecular weight is 439 g/mol. The maximum Gasteiger partial charge on any atom is 0.276 e. The van der Waals surface area contributed by atoms with E-state index in [0.717, 1.165) is 29.6 Å². The molecule has 2 aromatic carbocycles. The number of H-pyrrole nitrogens is 1. The van der Waals surface area contributed by atoms with Gasteiger partial charge in [0.2, 0.25) is 0 Å². The fourth-order valence-corrected chi connectivity index (χ4v) is 2.88. The number of anilines is 2. The van der Waals surface area contributed by atoms with Crippen LogP contribution in [0.25, 0.3) is 22.5 Å². The van der Waals surface area contributed by atoms with Crippen LogP contribution in [0.15, 0.2) is 47.3 Å². The highest BCUT2D eigenvalue weighted by atomic mass is 16.5. The van der Waals surface area contributed by atoms with E-state index in [4.69, 9.17) is 16.2 Å². The van der Waals surface area contributed by atoms with Gasteiger partial charge in [-0.25, -0.2) is 4.98 Å². The molecule has 1 atom stereocenters. The highest BCUT2D eigenvalue weighted by Crippen LogP contribution is 2.33. The molecule has 8 heteroatoms. The van der Waals surface area contributed by atoms with Crippen molar-refractivity contribution < 1.29 is 14.3 Å². The van der Waals surface area contributed by atoms with Crippen molar-refractivity contribution in [3.05, 3.63) is 58.4 Å². The van der Waals surface area contributed by atoms with E-state index >= 15 is 0 Å². The van der Waals surface area contributed by atoms with Crippen molar-refractivity contribution in [3.63, 3.8) is 0 Å². The second-order valence-electron chi connectivity index (χ2n) is 6.98. The van der Waals surface area contributed by atoms with Gasteiger partial charge in [0.1, 0.15) is 23.5 Å². The first-order valence-electron chi connectivity index (χ1n) is 10.3. The molecule has 0 spiro atoms. The zero-order valence-electron chi connectivity index (χ0n) is 18.8. The van der Waals surface area contributed by atoms with Crippen molar-refractivity contribution >= 4 is 17.8 Å². The maximum atomic E-state index is 12.0. The Morgan fingerprint density at radius 2 is 1.78 bits per heavy atom. The number of nitrogens with one attached hydrogen (secondary N) is 1. The highest BCUT2D eigenvalue weighted by molar-refractivity contribution is 5.75. The Balaban J connectivity index is 0.000000837. The fraction of sp³-hybridized carbons (Fsp3) is 0.292. The van der Waals surface area contributed by atoms with Crippen LogP contribution in [0.5, 0.6) is 5.75 Å². The van der Waals surface area contributed by atoms with Crippen LogP contribution in [-0.2, 0) is 9.53 Å². The van der Waals surface area contributed by atoms with E-state index in [-0.39, 0.29) is 23.2 Å². The van der Waals surface area contributed by atoms with Crippen LogP contribution in [0.1, 0.15) is 32.3 Å². The molecule has 1 unspecified atom stereocenters. The van der Waals surface area contributed by atoms with E-state index < -0.39 is 5.56 Å². The third-order valence-electron chi connectivity index (χ3n) is 4.76. The summed E-state index contributed by atoms with van der Waals surface area (Å²) in [6.07, 6.45) is 0.918. The summed E-state index contributed by atoms with van der Waals surface area (Å²) in [4.78, 5) is 29.9. The van der Waals surface area contributed by atoms with Gasteiger partial charge in [-0.2, -0.15) is 0 Å². The molecule has 0 aliphatic carbocycles. The summed E-state index contributed by atoms with van der Waals surface area (Å²) in [6.45, 7) is 6.94. The molecule has 0 radical (unpaired) electrons. The van der Waals surface area contributed by atoms with Crippen molar-refractivity contribution in [3.8, 4) is 28.3 Å². The molecule has 3 rings (SSSR count). The smallest absolute Gasteiger partial charge is 0.276 e. The van der Waals surface area contributed by atoms with E-state index in [2.05, 4.69) is 14.7 Å². The molecular formula is C24H30N4O4. The Hall–Kier alpha value is -3.65. The van der Waals surface area contributed by atoms with Crippen molar-refractivity contribution in [1.82, 2.24) is 9.97 Å². The minimum Gasteiger partial charge on any atom is -0.493 e. The number of methoxy groups -OCH3 is 1. The van der Waals surface area contributed by atoms with Crippen LogP contribution >= 0.6 is 0 Å². The summed E-state index contributed by atoms with van der Waals surface area (Å²) in [6, 6.07) is 13.4. The van der Waals surface area contributed by atoms with Gasteiger partial charge in [-0.3, -0.25) is 4.79 Å². The lowest BCUT2D eigenvalue weighted by atomic mass is 9.96. The van der Waals surface area contributed by atoms with Crippen molar-refractivity contribution in [2.45, 2.75) is 26.7 Å². The summed E-state index contributed by atoms with van der Waals surface area (Å²) >= 11 is 0. The second-order valence-corrected chi connectivity index (χ2v) is 6.98. The second kappa shape index (κ2) is 11.7. The Morgan fingerprint density at radius 1 is 1.09 bits per heavy atom. The van der Waals surface area contributed by atoms with E-state index in [1.54, 1.807) is 7.11 Å². The molecule has 170 valence electrons. The number of hydrogen-bond donors (Lipinski definition) is 3. The molecule has 0 fully saturated rings. The molecule has 0 aliphatic rings. The number of aldehydes is 1. The van der Waals surface area contributed by atoms with E-state index in [9.17, 15) is 9.59 Å². The molecule has 0 aliphatic heterocycles. The average Bonchev–Trinajstić information content (AvgIpc) is 2.82. The number of carbonyl (C=O) groups excluding carboxylic acids is 1. The molecule has 1 aromatic heterocycles. The topological polar surface area (TPSA) is 133 Å². The molecule has 0 bridgehead atoms. The fourth-order valence-electron chi connectivity index (χ4n) is 2.88. The van der Waals surface area contributed by atoms with Gasteiger partial charge in [-0.05, 0) is 42.7 Å². The van der Waals surface area contributed by atoms with Gasteiger partial charge in [-0.1, -0.05) is 37.3 Å². The van der Waals surface area contributed by atoms with Gasteiger partial charge >= 0.3 is 0 Å². The van der Waals surface area contributed by atoms with E-state index in [1.165, 1.54) is 0 Å². The summed E-state index contributed by atoms with van der Waals surface area (Å²) in [5.41, 5.74) is 14.1. The zero-order chi connectivity index (χ0) is 23.7. The number of benzene rings is 2. The van der Waals surface area contributed by atoms with Crippen LogP contribution in [0, 0.1) is 0 Å². The largest absolute Gasteiger partial charge is 0.493 e. The standard InChI is InChI=1S/C21H22N4O3.C3H8O/c1-3-28-17-10-15(14-6-4-5-13(9-14)12(2)11-26)7-8-16(17)20-24-19(23)18(22)21(27)25-20;1-3-4-2/h4-12H,3,22H2,1-2H3,(H3,23,24,25,27);3H2,1-2H3. The highest BCUT2D eigenvalue weighted by Gasteiger charge is 2.14. The minimum atomic E-state index is -0.496. The summed E-state index contributed by atoms with van der Waals surface area (Å²) in [5.74, 6) is 0.634. The number of nitrogen functional groups attached to an aromatic ring is 2. The molecular weight excluding hydrogens is 408 g/mol. The summed E-state index contributed by atoms with van der Waals surface area (Å²) < 4.78 is 10.3. The molecule has 32 heavy (non-hydrogen) atoms. The van der Waals surface area contributed by atoms with Gasteiger partial charge in [0.15, 0.2) is 5.82 Å². The molecule has 0 amide bonds. The van der Waals surface area contributed by atoms with Gasteiger partial charge in [-0.15, -0.1) is 0 Å². The van der Waals surface area contributed by atoms with Gasteiger partial charge in [0.05, 0.1) is 12.2 Å². The van der Waals surface area contributed by atoms with Crippen molar-refractivity contribution in [1.29, 1.82) is 0 Å². The predicted octanol–water partition coefficient (Wildman–Crippen LogP) is 3.62. The number of carbonyl (C=O) groups is 1. The Labute approximate surface area is 187 Å². The number of nitrogens with two attached hydrogens (primary N) is 2. The van der Waals surface area contributed by atoms with Gasteiger partial charge in [0.25, 0.3) is 5.56 Å². The van der Waals surface area contributed by atoms with E-state index in [0.29, 0.717) is 17.9 Å². The lowest BCUT2D eigenvalue weighted by molar-refractivity contribution is -0.108. The normalized spacial score (nSPS) is 11.2. The minimum absolute atomic E-state index is 0.0270. The van der Waals surface area contributed by atoms with Crippen LogP contribution in [-0.4, -0.2) is 36.6 Å². The lowest BCUT2D eigenvalue weighted by Crippen LogP contribution is -2.17. The first-order valence-corrected chi connectivity index (χ1v) is 10.3. The van der Waals surface area contributed by atoms with E-state index in [1.807, 2.05) is 63.2 Å². The van der Waals surface area contributed by atoms with Crippen LogP contribution in [0.2, 0.25) is 0 Å². The summed E-state index contributed by atoms with van der Waals surface area (Å²) in [7, 11) is 1.68. The number of hydrogen-bond acceptors (Lipinski definition) is 7. The van der Waals surface area contributed by atoms with Crippen molar-refractivity contribution in [2.75, 3.05) is 31.8 Å². The molecule has 1 heterocycles. The molecule has 0 saturated heterocycles. The SMILES string of the molecule is CCOC.CCOc1cc(-c2cccc(C(C)C=O)c2)ccc1-c1nc(N)c(N)c(=O)[nH]1. The number of nitrogens with zero attached hydrogens (tertiary/aromatic N) is 1. The molecule has 8 nitrogen and oxygen atoms in total. The molecule has 0 saturated carbocycles. The van der Waals surface area contributed by atoms with Crippen LogP contribution in [0.3, 0.4) is 0 Å². The predicted molar refractivity (Wildman–Crippen MR) is 128 cm³/mol. The summed E-state index contributed by atoms with van der Waals surface area (Å²) in [5, 5.41) is 0. The number of rotatable bonds is 7. The first-order chi connectivity index (χ1) is 15.4. The van der Waals surface area contributed by atoms with Crippen LogP contribution < -0.4 is 21.8 Å².